The SMILES string of the molecule is CC1(C)CCC(N)(c2ccccc2)CC1. The van der Waals surface area contributed by atoms with Crippen LogP contribution in [0.3, 0.4) is 0 Å². The molecule has 0 aliphatic heterocycles. The topological polar surface area (TPSA) is 26.0 Å². The molecule has 1 aromatic rings. The molecular weight excluding hydrogens is 182 g/mol. The number of hydrogen-bond acceptors (Lipinski definition) is 1. The van der Waals surface area contributed by atoms with Gasteiger partial charge in [-0.2, -0.15) is 0 Å². The Kier molecular flexibility index (Phi) is 2.59. The summed E-state index contributed by atoms with van der Waals surface area (Å²) in [6, 6.07) is 10.6. The summed E-state index contributed by atoms with van der Waals surface area (Å²) in [5.74, 6) is 0. The van der Waals surface area contributed by atoms with Gasteiger partial charge >= 0.3 is 0 Å². The lowest BCUT2D eigenvalue weighted by molar-refractivity contribution is 0.165. The molecule has 1 saturated carbocycles. The molecule has 1 aromatic carbocycles. The molecule has 1 aliphatic rings. The highest BCUT2D eigenvalue weighted by molar-refractivity contribution is 5.24. The summed E-state index contributed by atoms with van der Waals surface area (Å²) in [7, 11) is 0. The van der Waals surface area contributed by atoms with Crippen LogP contribution >= 0.6 is 0 Å². The van der Waals surface area contributed by atoms with Crippen molar-refractivity contribution in [3.8, 4) is 0 Å². The van der Waals surface area contributed by atoms with Crippen molar-refractivity contribution in [1.82, 2.24) is 0 Å². The van der Waals surface area contributed by atoms with Gasteiger partial charge in [0.2, 0.25) is 0 Å². The van der Waals surface area contributed by atoms with Gasteiger partial charge < -0.3 is 5.73 Å². The van der Waals surface area contributed by atoms with Crippen molar-refractivity contribution in [1.29, 1.82) is 0 Å². The van der Waals surface area contributed by atoms with E-state index in [0.717, 1.165) is 12.8 Å². The standard InChI is InChI=1S/C14H21N/c1-13(2)8-10-14(15,11-9-13)12-6-4-3-5-7-12/h3-7H,8-11,15H2,1-2H3. The molecule has 0 radical (unpaired) electrons. The van der Waals surface area contributed by atoms with Crippen molar-refractivity contribution in [3.63, 3.8) is 0 Å². The van der Waals surface area contributed by atoms with E-state index in [9.17, 15) is 0 Å². The predicted octanol–water partition coefficient (Wildman–Crippen LogP) is 3.44. The lowest BCUT2D eigenvalue weighted by atomic mass is 9.67. The zero-order valence-electron chi connectivity index (χ0n) is 9.79. The Morgan fingerprint density at radius 1 is 0.933 bits per heavy atom. The third-order valence-corrected chi connectivity index (χ3v) is 3.84. The van der Waals surface area contributed by atoms with E-state index in [1.807, 2.05) is 0 Å². The maximum Gasteiger partial charge on any atom is 0.0410 e. The van der Waals surface area contributed by atoms with Crippen LogP contribution in [0.15, 0.2) is 30.3 Å². The van der Waals surface area contributed by atoms with Crippen molar-refractivity contribution in [3.05, 3.63) is 35.9 Å². The van der Waals surface area contributed by atoms with Crippen LogP contribution in [0.5, 0.6) is 0 Å². The van der Waals surface area contributed by atoms with Crippen molar-refractivity contribution in [2.45, 2.75) is 45.1 Å². The molecule has 0 unspecified atom stereocenters. The van der Waals surface area contributed by atoms with Crippen molar-refractivity contribution in [2.24, 2.45) is 11.1 Å². The molecule has 0 saturated heterocycles. The molecule has 15 heavy (non-hydrogen) atoms. The van der Waals surface area contributed by atoms with Gasteiger partial charge in [-0.05, 0) is 36.7 Å². The second-order valence-corrected chi connectivity index (χ2v) is 5.69. The molecular formula is C14H21N. The Bertz CT molecular complexity index is 316. The van der Waals surface area contributed by atoms with Gasteiger partial charge in [-0.15, -0.1) is 0 Å². The molecule has 0 amide bonds. The lowest BCUT2D eigenvalue weighted by Crippen LogP contribution is -2.42. The van der Waals surface area contributed by atoms with Gasteiger partial charge in [-0.1, -0.05) is 44.2 Å². The summed E-state index contributed by atoms with van der Waals surface area (Å²) < 4.78 is 0. The first-order valence-corrected chi connectivity index (χ1v) is 5.86. The third-order valence-electron chi connectivity index (χ3n) is 3.84. The first-order valence-electron chi connectivity index (χ1n) is 5.86. The summed E-state index contributed by atoms with van der Waals surface area (Å²) in [6.07, 6.45) is 4.70. The second kappa shape index (κ2) is 3.64. The smallest absolute Gasteiger partial charge is 0.0410 e. The van der Waals surface area contributed by atoms with Crippen LogP contribution in [-0.2, 0) is 5.54 Å². The van der Waals surface area contributed by atoms with Gasteiger partial charge in [-0.25, -0.2) is 0 Å². The van der Waals surface area contributed by atoms with Gasteiger partial charge in [0.15, 0.2) is 0 Å². The van der Waals surface area contributed by atoms with E-state index in [1.165, 1.54) is 18.4 Å². The fourth-order valence-corrected chi connectivity index (χ4v) is 2.43. The summed E-state index contributed by atoms with van der Waals surface area (Å²) in [4.78, 5) is 0. The van der Waals surface area contributed by atoms with Gasteiger partial charge in [-0.3, -0.25) is 0 Å². The number of hydrogen-bond donors (Lipinski definition) is 1. The Labute approximate surface area is 92.7 Å². The van der Waals surface area contributed by atoms with E-state index in [0.29, 0.717) is 5.41 Å². The van der Waals surface area contributed by atoms with Gasteiger partial charge in [0, 0.05) is 5.54 Å². The molecule has 0 aromatic heterocycles. The molecule has 1 nitrogen and oxygen atoms in total. The first-order chi connectivity index (χ1) is 7.02. The molecule has 2 N–H and O–H groups in total. The minimum Gasteiger partial charge on any atom is -0.321 e. The molecule has 82 valence electrons. The number of nitrogens with two attached hydrogens (primary N) is 1. The Balaban J connectivity index is 2.17. The van der Waals surface area contributed by atoms with Crippen LogP contribution in [0.4, 0.5) is 0 Å². The Hall–Kier alpha value is -0.820. The van der Waals surface area contributed by atoms with E-state index in [1.54, 1.807) is 0 Å². The van der Waals surface area contributed by atoms with Crippen LogP contribution in [-0.4, -0.2) is 0 Å². The predicted molar refractivity (Wildman–Crippen MR) is 64.6 cm³/mol. The molecule has 1 aliphatic carbocycles. The van der Waals surface area contributed by atoms with Crippen LogP contribution in [0.2, 0.25) is 0 Å². The van der Waals surface area contributed by atoms with Gasteiger partial charge in [0.05, 0.1) is 0 Å². The van der Waals surface area contributed by atoms with E-state index in [-0.39, 0.29) is 5.54 Å². The number of rotatable bonds is 1. The van der Waals surface area contributed by atoms with Gasteiger partial charge in [0.25, 0.3) is 0 Å². The van der Waals surface area contributed by atoms with Crippen LogP contribution in [0.25, 0.3) is 0 Å². The fourth-order valence-electron chi connectivity index (χ4n) is 2.43. The molecule has 0 atom stereocenters. The van der Waals surface area contributed by atoms with Crippen molar-refractivity contribution in [2.75, 3.05) is 0 Å². The molecule has 1 heteroatoms. The lowest BCUT2D eigenvalue weighted by Gasteiger charge is -2.41. The maximum absolute atomic E-state index is 6.50. The molecule has 0 heterocycles. The minimum absolute atomic E-state index is 0.0726. The van der Waals surface area contributed by atoms with Crippen LogP contribution in [0.1, 0.15) is 45.1 Å². The molecule has 0 bridgehead atoms. The summed E-state index contributed by atoms with van der Waals surface area (Å²) in [5.41, 5.74) is 8.22. The highest BCUT2D eigenvalue weighted by Gasteiger charge is 2.36. The van der Waals surface area contributed by atoms with Gasteiger partial charge in [0.1, 0.15) is 0 Å². The number of benzene rings is 1. The zero-order valence-corrected chi connectivity index (χ0v) is 9.79. The summed E-state index contributed by atoms with van der Waals surface area (Å²) in [6.45, 7) is 4.69. The summed E-state index contributed by atoms with van der Waals surface area (Å²) in [5, 5.41) is 0. The van der Waals surface area contributed by atoms with E-state index in [2.05, 4.69) is 44.2 Å². The summed E-state index contributed by atoms with van der Waals surface area (Å²) >= 11 is 0. The quantitative estimate of drug-likeness (QED) is 0.743. The average molecular weight is 203 g/mol. The maximum atomic E-state index is 6.50. The van der Waals surface area contributed by atoms with E-state index >= 15 is 0 Å². The first kappa shape index (κ1) is 10.7. The van der Waals surface area contributed by atoms with E-state index in [4.69, 9.17) is 5.73 Å². The largest absolute Gasteiger partial charge is 0.321 e. The molecule has 0 spiro atoms. The highest BCUT2D eigenvalue weighted by Crippen LogP contribution is 2.43. The Morgan fingerprint density at radius 2 is 1.47 bits per heavy atom. The zero-order chi connectivity index (χ0) is 10.9. The van der Waals surface area contributed by atoms with Crippen molar-refractivity contribution >= 4 is 0 Å². The monoisotopic (exact) mass is 203 g/mol. The van der Waals surface area contributed by atoms with E-state index < -0.39 is 0 Å². The molecule has 2 rings (SSSR count). The van der Waals surface area contributed by atoms with Crippen molar-refractivity contribution < 1.29 is 0 Å². The molecule has 1 fully saturated rings. The fraction of sp³-hybridized carbons (Fsp3) is 0.571. The highest BCUT2D eigenvalue weighted by atomic mass is 14.8. The Morgan fingerprint density at radius 3 is 2.00 bits per heavy atom. The third kappa shape index (κ3) is 2.23. The minimum atomic E-state index is -0.0726. The second-order valence-electron chi connectivity index (χ2n) is 5.69. The van der Waals surface area contributed by atoms with Crippen LogP contribution in [0, 0.1) is 5.41 Å². The normalized spacial score (nSPS) is 23.7. The average Bonchev–Trinajstić information content (AvgIpc) is 2.24. The van der Waals surface area contributed by atoms with Crippen LogP contribution < -0.4 is 5.73 Å².